The fourth-order valence-electron chi connectivity index (χ4n) is 2.25. The van der Waals surface area contributed by atoms with E-state index in [0.717, 1.165) is 17.7 Å². The van der Waals surface area contributed by atoms with Crippen LogP contribution in [0.2, 0.25) is 0 Å². The standard InChI is InChI=1S/C15H17NO.C7H17N/c1-2-12-8-9-15(14(16)10-12)17-11-13-6-4-3-5-7-13;1-4-5-6-8-7(2)3/h3-10H,2,11,16H2,1H3;7-8H,4-6H2,1-3H3. The Labute approximate surface area is 153 Å². The maximum absolute atomic E-state index is 5.94. The molecule has 2 rings (SSSR count). The van der Waals surface area contributed by atoms with E-state index in [9.17, 15) is 0 Å². The van der Waals surface area contributed by atoms with Gasteiger partial charge in [0.25, 0.3) is 0 Å². The van der Waals surface area contributed by atoms with Crippen molar-refractivity contribution in [2.24, 2.45) is 0 Å². The van der Waals surface area contributed by atoms with Gasteiger partial charge in [-0.15, -0.1) is 0 Å². The quantitative estimate of drug-likeness (QED) is 0.512. The molecule has 0 aromatic heterocycles. The maximum atomic E-state index is 5.94. The zero-order chi connectivity index (χ0) is 18.5. The molecule has 0 aliphatic carbocycles. The van der Waals surface area contributed by atoms with Gasteiger partial charge in [-0.25, -0.2) is 0 Å². The van der Waals surface area contributed by atoms with Crippen LogP contribution in [0, 0.1) is 0 Å². The highest BCUT2D eigenvalue weighted by Gasteiger charge is 2.01. The average molecular weight is 343 g/mol. The highest BCUT2D eigenvalue weighted by molar-refractivity contribution is 5.54. The summed E-state index contributed by atoms with van der Waals surface area (Å²) in [6.07, 6.45) is 3.58. The summed E-state index contributed by atoms with van der Waals surface area (Å²) in [5, 5.41) is 3.35. The minimum Gasteiger partial charge on any atom is -0.487 e. The van der Waals surface area contributed by atoms with E-state index < -0.39 is 0 Å². The molecule has 0 aliphatic heterocycles. The van der Waals surface area contributed by atoms with Gasteiger partial charge in [0.1, 0.15) is 12.4 Å². The molecule has 0 saturated heterocycles. The fourth-order valence-corrected chi connectivity index (χ4v) is 2.25. The smallest absolute Gasteiger partial charge is 0.142 e. The van der Waals surface area contributed by atoms with Crippen LogP contribution in [0.15, 0.2) is 48.5 Å². The van der Waals surface area contributed by atoms with Crippen molar-refractivity contribution in [3.05, 3.63) is 59.7 Å². The molecule has 25 heavy (non-hydrogen) atoms. The molecule has 3 nitrogen and oxygen atoms in total. The van der Waals surface area contributed by atoms with Crippen LogP contribution >= 0.6 is 0 Å². The van der Waals surface area contributed by atoms with Crippen molar-refractivity contribution in [1.82, 2.24) is 5.32 Å². The number of nitrogen functional groups attached to an aromatic ring is 1. The third-order valence-corrected chi connectivity index (χ3v) is 3.80. The van der Waals surface area contributed by atoms with Gasteiger partial charge in [0.15, 0.2) is 0 Å². The number of hydrogen-bond donors (Lipinski definition) is 2. The van der Waals surface area contributed by atoms with E-state index in [1.54, 1.807) is 0 Å². The Bertz CT molecular complexity index is 582. The Morgan fingerprint density at radius 2 is 1.72 bits per heavy atom. The van der Waals surface area contributed by atoms with Crippen LogP contribution in [0.25, 0.3) is 0 Å². The van der Waals surface area contributed by atoms with E-state index in [0.29, 0.717) is 18.3 Å². The molecule has 0 spiro atoms. The molecule has 3 N–H and O–H groups in total. The first-order chi connectivity index (χ1) is 12.1. The molecule has 138 valence electrons. The minimum absolute atomic E-state index is 0.552. The first-order valence-electron chi connectivity index (χ1n) is 9.35. The monoisotopic (exact) mass is 342 g/mol. The molecule has 0 amide bonds. The second-order valence-electron chi connectivity index (χ2n) is 6.46. The van der Waals surface area contributed by atoms with Gasteiger partial charge >= 0.3 is 0 Å². The number of nitrogens with one attached hydrogen (secondary N) is 1. The third-order valence-electron chi connectivity index (χ3n) is 3.80. The summed E-state index contributed by atoms with van der Waals surface area (Å²) in [5.41, 5.74) is 9.02. The van der Waals surface area contributed by atoms with E-state index in [4.69, 9.17) is 10.5 Å². The lowest BCUT2D eigenvalue weighted by molar-refractivity contribution is 0.308. The lowest BCUT2D eigenvalue weighted by atomic mass is 10.1. The maximum Gasteiger partial charge on any atom is 0.142 e. The summed E-state index contributed by atoms with van der Waals surface area (Å²) >= 11 is 0. The van der Waals surface area contributed by atoms with Crippen molar-refractivity contribution in [1.29, 1.82) is 0 Å². The molecule has 0 radical (unpaired) electrons. The fraction of sp³-hybridized carbons (Fsp3) is 0.455. The molecule has 0 aliphatic rings. The Kier molecular flexibility index (Phi) is 10.4. The van der Waals surface area contributed by atoms with Crippen molar-refractivity contribution in [2.45, 2.75) is 59.6 Å². The van der Waals surface area contributed by atoms with Crippen molar-refractivity contribution in [3.8, 4) is 5.75 Å². The highest BCUT2D eigenvalue weighted by Crippen LogP contribution is 2.23. The van der Waals surface area contributed by atoms with Crippen molar-refractivity contribution in [3.63, 3.8) is 0 Å². The van der Waals surface area contributed by atoms with Gasteiger partial charge < -0.3 is 15.8 Å². The number of aryl methyl sites for hydroxylation is 1. The summed E-state index contributed by atoms with van der Waals surface area (Å²) in [4.78, 5) is 0. The Balaban J connectivity index is 0.000000333. The molecule has 0 bridgehead atoms. The highest BCUT2D eigenvalue weighted by atomic mass is 16.5. The molecule has 0 fully saturated rings. The summed E-state index contributed by atoms with van der Waals surface area (Å²) in [5.74, 6) is 0.756. The normalized spacial score (nSPS) is 10.3. The minimum atomic E-state index is 0.552. The number of hydrogen-bond acceptors (Lipinski definition) is 3. The Morgan fingerprint density at radius 3 is 2.28 bits per heavy atom. The van der Waals surface area contributed by atoms with Crippen LogP contribution in [0.3, 0.4) is 0 Å². The van der Waals surface area contributed by atoms with Crippen LogP contribution < -0.4 is 15.8 Å². The van der Waals surface area contributed by atoms with Crippen molar-refractivity contribution < 1.29 is 4.74 Å². The molecular formula is C22H34N2O. The predicted octanol–water partition coefficient (Wildman–Crippen LogP) is 5.19. The first-order valence-corrected chi connectivity index (χ1v) is 9.35. The molecule has 3 heteroatoms. The molecule has 0 unspecified atom stereocenters. The Morgan fingerprint density at radius 1 is 1.00 bits per heavy atom. The number of nitrogens with two attached hydrogens (primary N) is 1. The number of rotatable bonds is 8. The Hall–Kier alpha value is -2.00. The number of benzene rings is 2. The lowest BCUT2D eigenvalue weighted by Crippen LogP contribution is -2.23. The third kappa shape index (κ3) is 9.16. The number of ether oxygens (including phenoxy) is 1. The average Bonchev–Trinajstić information content (AvgIpc) is 2.62. The van der Waals surface area contributed by atoms with Gasteiger partial charge in [0.05, 0.1) is 5.69 Å². The van der Waals surface area contributed by atoms with Gasteiger partial charge in [0, 0.05) is 6.04 Å². The van der Waals surface area contributed by atoms with E-state index in [1.165, 1.54) is 24.9 Å². The lowest BCUT2D eigenvalue weighted by Gasteiger charge is -2.10. The molecular weight excluding hydrogens is 308 g/mol. The van der Waals surface area contributed by atoms with Gasteiger partial charge in [-0.1, -0.05) is 70.5 Å². The van der Waals surface area contributed by atoms with Crippen LogP contribution in [0.4, 0.5) is 5.69 Å². The SMILES string of the molecule is CCCCNC(C)C.CCc1ccc(OCc2ccccc2)c(N)c1. The van der Waals surface area contributed by atoms with Gasteiger partial charge in [-0.3, -0.25) is 0 Å². The molecule has 0 saturated carbocycles. The topological polar surface area (TPSA) is 47.3 Å². The number of unbranched alkanes of at least 4 members (excludes halogenated alkanes) is 1. The summed E-state index contributed by atoms with van der Waals surface area (Å²) in [6, 6.07) is 16.7. The molecule has 2 aromatic rings. The zero-order valence-electron chi connectivity index (χ0n) is 16.2. The van der Waals surface area contributed by atoms with E-state index in [2.05, 4.69) is 39.1 Å². The molecule has 2 aromatic carbocycles. The van der Waals surface area contributed by atoms with Crippen LogP contribution in [-0.2, 0) is 13.0 Å². The van der Waals surface area contributed by atoms with Crippen LogP contribution in [-0.4, -0.2) is 12.6 Å². The zero-order valence-corrected chi connectivity index (χ0v) is 16.2. The summed E-state index contributed by atoms with van der Waals surface area (Å²) < 4.78 is 5.70. The van der Waals surface area contributed by atoms with Crippen LogP contribution in [0.5, 0.6) is 5.75 Å². The van der Waals surface area contributed by atoms with Gasteiger partial charge in [-0.05, 0) is 42.6 Å². The largest absolute Gasteiger partial charge is 0.487 e. The van der Waals surface area contributed by atoms with Gasteiger partial charge in [-0.2, -0.15) is 0 Å². The van der Waals surface area contributed by atoms with E-state index in [1.807, 2.05) is 42.5 Å². The predicted molar refractivity (Wildman–Crippen MR) is 109 cm³/mol. The summed E-state index contributed by atoms with van der Waals surface area (Å²) in [7, 11) is 0. The second kappa shape index (κ2) is 12.4. The molecule has 0 atom stereocenters. The first kappa shape index (κ1) is 21.0. The van der Waals surface area contributed by atoms with Crippen molar-refractivity contribution >= 4 is 5.69 Å². The van der Waals surface area contributed by atoms with Gasteiger partial charge in [0.2, 0.25) is 0 Å². The molecule has 0 heterocycles. The van der Waals surface area contributed by atoms with E-state index >= 15 is 0 Å². The van der Waals surface area contributed by atoms with Crippen molar-refractivity contribution in [2.75, 3.05) is 12.3 Å². The number of anilines is 1. The summed E-state index contributed by atoms with van der Waals surface area (Å²) in [6.45, 7) is 10.4. The second-order valence-corrected chi connectivity index (χ2v) is 6.46. The van der Waals surface area contributed by atoms with Crippen LogP contribution in [0.1, 0.15) is 51.7 Å². The van der Waals surface area contributed by atoms with E-state index in [-0.39, 0.29) is 0 Å².